The van der Waals surface area contributed by atoms with E-state index in [1.54, 1.807) is 0 Å². The summed E-state index contributed by atoms with van der Waals surface area (Å²) in [5.74, 6) is -0.457. The normalized spacial score (nSPS) is 22.9. The molecule has 4 nitrogen and oxygen atoms in total. The quantitative estimate of drug-likeness (QED) is 0.746. The Labute approximate surface area is 121 Å². The SMILES string of the molecule is CC(C)(C)OC(=O)C1(C2(C(=O)OC(C)(C)C)CC2)CC1. The van der Waals surface area contributed by atoms with E-state index in [2.05, 4.69) is 0 Å². The summed E-state index contributed by atoms with van der Waals surface area (Å²) < 4.78 is 11.0. The van der Waals surface area contributed by atoms with Gasteiger partial charge in [0, 0.05) is 0 Å². The van der Waals surface area contributed by atoms with Crippen molar-refractivity contribution in [3.8, 4) is 0 Å². The Kier molecular flexibility index (Phi) is 3.23. The largest absolute Gasteiger partial charge is 0.460 e. The minimum absolute atomic E-state index is 0.228. The summed E-state index contributed by atoms with van der Waals surface area (Å²) >= 11 is 0. The lowest BCUT2D eigenvalue weighted by atomic mass is 9.85. The van der Waals surface area contributed by atoms with Crippen LogP contribution in [-0.4, -0.2) is 23.1 Å². The third kappa shape index (κ3) is 2.70. The molecule has 20 heavy (non-hydrogen) atoms. The van der Waals surface area contributed by atoms with Crippen molar-refractivity contribution in [2.75, 3.05) is 0 Å². The van der Waals surface area contributed by atoms with E-state index in [1.807, 2.05) is 41.5 Å². The molecule has 0 N–H and O–H groups in total. The zero-order chi connectivity index (χ0) is 15.4. The first kappa shape index (κ1) is 15.3. The molecule has 0 aromatic rings. The molecule has 0 heterocycles. The van der Waals surface area contributed by atoms with E-state index in [-0.39, 0.29) is 11.9 Å². The first-order valence-corrected chi connectivity index (χ1v) is 7.39. The molecule has 0 amide bonds. The Morgan fingerprint density at radius 1 is 0.700 bits per heavy atom. The number of carbonyl (C=O) groups is 2. The molecule has 0 unspecified atom stereocenters. The number of carbonyl (C=O) groups excluding carboxylic acids is 2. The van der Waals surface area contributed by atoms with Crippen LogP contribution in [0.3, 0.4) is 0 Å². The first-order chi connectivity index (χ1) is 8.92. The van der Waals surface area contributed by atoms with E-state index < -0.39 is 22.0 Å². The molecule has 2 saturated carbocycles. The van der Waals surface area contributed by atoms with Crippen molar-refractivity contribution in [3.63, 3.8) is 0 Å². The van der Waals surface area contributed by atoms with Crippen molar-refractivity contribution in [3.05, 3.63) is 0 Å². The van der Waals surface area contributed by atoms with Crippen LogP contribution >= 0.6 is 0 Å². The van der Waals surface area contributed by atoms with Crippen LogP contribution in [0.5, 0.6) is 0 Å². The molecule has 2 aliphatic rings. The van der Waals surface area contributed by atoms with Gasteiger partial charge in [-0.3, -0.25) is 9.59 Å². The van der Waals surface area contributed by atoms with Gasteiger partial charge in [-0.25, -0.2) is 0 Å². The molecule has 2 fully saturated rings. The Balaban J connectivity index is 2.14. The van der Waals surface area contributed by atoms with Crippen molar-refractivity contribution in [2.24, 2.45) is 10.8 Å². The van der Waals surface area contributed by atoms with Crippen LogP contribution in [0.4, 0.5) is 0 Å². The molecular formula is C16H26O4. The fourth-order valence-electron chi connectivity index (χ4n) is 2.76. The van der Waals surface area contributed by atoms with E-state index in [0.717, 1.165) is 25.7 Å². The molecular weight excluding hydrogens is 256 g/mol. The van der Waals surface area contributed by atoms with Gasteiger partial charge in [-0.2, -0.15) is 0 Å². The second kappa shape index (κ2) is 4.22. The highest BCUT2D eigenvalue weighted by molar-refractivity contribution is 5.93. The van der Waals surface area contributed by atoms with Gasteiger partial charge >= 0.3 is 11.9 Å². The third-order valence-corrected chi connectivity index (χ3v) is 4.00. The summed E-state index contributed by atoms with van der Waals surface area (Å²) in [5.41, 5.74) is -2.28. The monoisotopic (exact) mass is 282 g/mol. The van der Waals surface area contributed by atoms with Crippen LogP contribution in [0.15, 0.2) is 0 Å². The summed E-state index contributed by atoms with van der Waals surface area (Å²) in [5, 5.41) is 0. The Morgan fingerprint density at radius 3 is 1.10 bits per heavy atom. The van der Waals surface area contributed by atoms with Crippen LogP contribution in [-0.2, 0) is 19.1 Å². The molecule has 0 radical (unpaired) electrons. The lowest BCUT2D eigenvalue weighted by molar-refractivity contribution is -0.177. The van der Waals surface area contributed by atoms with E-state index in [9.17, 15) is 9.59 Å². The average molecular weight is 282 g/mol. The molecule has 2 rings (SSSR count). The Morgan fingerprint density at radius 2 is 0.950 bits per heavy atom. The molecule has 2 aliphatic carbocycles. The number of hydrogen-bond donors (Lipinski definition) is 0. The smallest absolute Gasteiger partial charge is 0.313 e. The molecule has 0 aromatic carbocycles. The number of ether oxygens (including phenoxy) is 2. The standard InChI is InChI=1S/C16H26O4/c1-13(2,3)19-11(17)15(7-8-15)16(9-10-16)12(18)20-14(4,5)6/h7-10H2,1-6H3. The van der Waals surface area contributed by atoms with Gasteiger partial charge in [0.05, 0.1) is 10.8 Å². The lowest BCUT2D eigenvalue weighted by Crippen LogP contribution is -2.41. The third-order valence-electron chi connectivity index (χ3n) is 4.00. The summed E-state index contributed by atoms with van der Waals surface area (Å²) in [6, 6.07) is 0. The molecule has 0 bridgehead atoms. The summed E-state index contributed by atoms with van der Waals surface area (Å²) in [4.78, 5) is 24.9. The Hall–Kier alpha value is -1.06. The van der Waals surface area contributed by atoms with Gasteiger partial charge in [-0.15, -0.1) is 0 Å². The van der Waals surface area contributed by atoms with Crippen LogP contribution in [0, 0.1) is 10.8 Å². The van der Waals surface area contributed by atoms with Gasteiger partial charge in [0.15, 0.2) is 0 Å². The second-order valence-corrected chi connectivity index (χ2v) is 8.17. The van der Waals surface area contributed by atoms with E-state index >= 15 is 0 Å². The van der Waals surface area contributed by atoms with Gasteiger partial charge in [-0.1, -0.05) is 0 Å². The van der Waals surface area contributed by atoms with Crippen LogP contribution < -0.4 is 0 Å². The number of esters is 2. The summed E-state index contributed by atoms with van der Waals surface area (Å²) in [6.07, 6.45) is 2.95. The van der Waals surface area contributed by atoms with E-state index in [4.69, 9.17) is 9.47 Å². The molecule has 114 valence electrons. The first-order valence-electron chi connectivity index (χ1n) is 7.39. The maximum Gasteiger partial charge on any atom is 0.313 e. The van der Waals surface area contributed by atoms with Gasteiger partial charge < -0.3 is 9.47 Å². The minimum Gasteiger partial charge on any atom is -0.460 e. The van der Waals surface area contributed by atoms with E-state index in [1.165, 1.54) is 0 Å². The maximum absolute atomic E-state index is 12.5. The molecule has 0 atom stereocenters. The van der Waals surface area contributed by atoms with Gasteiger partial charge in [0.25, 0.3) is 0 Å². The van der Waals surface area contributed by atoms with Gasteiger partial charge in [0.1, 0.15) is 11.2 Å². The highest BCUT2D eigenvalue weighted by atomic mass is 16.6. The van der Waals surface area contributed by atoms with Gasteiger partial charge in [0.2, 0.25) is 0 Å². The number of hydrogen-bond acceptors (Lipinski definition) is 4. The molecule has 0 aliphatic heterocycles. The fraction of sp³-hybridized carbons (Fsp3) is 0.875. The van der Waals surface area contributed by atoms with Crippen molar-refractivity contribution in [2.45, 2.75) is 78.4 Å². The lowest BCUT2D eigenvalue weighted by Gasteiger charge is -2.30. The van der Waals surface area contributed by atoms with Gasteiger partial charge in [-0.05, 0) is 67.2 Å². The van der Waals surface area contributed by atoms with E-state index in [0.29, 0.717) is 0 Å². The number of rotatable bonds is 3. The predicted molar refractivity (Wildman–Crippen MR) is 75.0 cm³/mol. The highest BCUT2D eigenvalue weighted by Crippen LogP contribution is 2.71. The van der Waals surface area contributed by atoms with Crippen molar-refractivity contribution >= 4 is 11.9 Å². The zero-order valence-corrected chi connectivity index (χ0v) is 13.5. The highest BCUT2D eigenvalue weighted by Gasteiger charge is 2.75. The van der Waals surface area contributed by atoms with Crippen LogP contribution in [0.2, 0.25) is 0 Å². The molecule has 4 heteroatoms. The summed E-state index contributed by atoms with van der Waals surface area (Å²) in [6.45, 7) is 11.1. The van der Waals surface area contributed by atoms with Crippen LogP contribution in [0.25, 0.3) is 0 Å². The predicted octanol–water partition coefficient (Wildman–Crippen LogP) is 3.23. The molecule has 0 saturated heterocycles. The zero-order valence-electron chi connectivity index (χ0n) is 13.5. The maximum atomic E-state index is 12.5. The molecule has 0 aromatic heterocycles. The Bertz CT molecular complexity index is 386. The minimum atomic E-state index is -0.622. The molecule has 0 spiro atoms. The van der Waals surface area contributed by atoms with Crippen molar-refractivity contribution in [1.29, 1.82) is 0 Å². The van der Waals surface area contributed by atoms with Crippen molar-refractivity contribution < 1.29 is 19.1 Å². The average Bonchev–Trinajstić information content (AvgIpc) is 3.07. The van der Waals surface area contributed by atoms with Crippen LogP contribution in [0.1, 0.15) is 67.2 Å². The summed E-state index contributed by atoms with van der Waals surface area (Å²) in [7, 11) is 0. The van der Waals surface area contributed by atoms with Crippen molar-refractivity contribution in [1.82, 2.24) is 0 Å². The fourth-order valence-corrected chi connectivity index (χ4v) is 2.76. The second-order valence-electron chi connectivity index (χ2n) is 8.17. The topological polar surface area (TPSA) is 52.6 Å².